The largest absolute Gasteiger partial charge is 0.451 e. The molecular weight excluding hydrogens is 260 g/mol. The summed E-state index contributed by atoms with van der Waals surface area (Å²) in [4.78, 5) is 0. The van der Waals surface area contributed by atoms with Gasteiger partial charge in [-0.3, -0.25) is 0 Å². The summed E-state index contributed by atoms with van der Waals surface area (Å²) in [6.07, 6.45) is 0. The molecule has 106 valence electrons. The molecule has 2 rings (SSSR count). The van der Waals surface area contributed by atoms with Crippen molar-refractivity contribution in [1.82, 2.24) is 5.32 Å². The summed E-state index contributed by atoms with van der Waals surface area (Å²) in [6, 6.07) is 11.4. The molecule has 1 N–H and O–H groups in total. The summed E-state index contributed by atoms with van der Waals surface area (Å²) in [6.45, 7) is 4.36. The quantitative estimate of drug-likeness (QED) is 0.882. The molecule has 4 heteroatoms. The summed E-state index contributed by atoms with van der Waals surface area (Å²) in [7, 11) is 0. The Balaban J connectivity index is 2.18. The van der Waals surface area contributed by atoms with E-state index in [2.05, 4.69) is 5.32 Å². The lowest BCUT2D eigenvalue weighted by Gasteiger charge is -2.11. The van der Waals surface area contributed by atoms with E-state index in [0.717, 1.165) is 0 Å². The van der Waals surface area contributed by atoms with Crippen molar-refractivity contribution < 1.29 is 13.5 Å². The van der Waals surface area contributed by atoms with E-state index in [-0.39, 0.29) is 11.8 Å². The fourth-order valence-corrected chi connectivity index (χ4v) is 1.74. The first-order chi connectivity index (χ1) is 9.56. The number of ether oxygens (including phenoxy) is 1. The molecule has 0 aliphatic heterocycles. The van der Waals surface area contributed by atoms with Gasteiger partial charge in [0.1, 0.15) is 5.75 Å². The Morgan fingerprint density at radius 1 is 1.05 bits per heavy atom. The Bertz CT molecular complexity index is 547. The molecule has 0 aromatic heterocycles. The molecule has 0 aliphatic rings. The molecule has 2 aromatic rings. The lowest BCUT2D eigenvalue weighted by atomic mass is 10.2. The van der Waals surface area contributed by atoms with Crippen molar-refractivity contribution in [3.63, 3.8) is 0 Å². The van der Waals surface area contributed by atoms with Crippen molar-refractivity contribution in [3.05, 3.63) is 59.7 Å². The van der Waals surface area contributed by atoms with Gasteiger partial charge in [-0.15, -0.1) is 0 Å². The van der Waals surface area contributed by atoms with Crippen LogP contribution < -0.4 is 10.1 Å². The molecular formula is C16H17F2NO. The third-order valence-corrected chi connectivity index (χ3v) is 2.74. The fourth-order valence-electron chi connectivity index (χ4n) is 1.74. The average Bonchev–Trinajstić information content (AvgIpc) is 2.42. The van der Waals surface area contributed by atoms with E-state index >= 15 is 0 Å². The topological polar surface area (TPSA) is 21.3 Å². The highest BCUT2D eigenvalue weighted by Crippen LogP contribution is 2.28. The first-order valence-corrected chi connectivity index (χ1v) is 6.50. The Kier molecular flexibility index (Phi) is 4.69. The molecule has 0 atom stereocenters. The van der Waals surface area contributed by atoms with E-state index in [1.54, 1.807) is 30.3 Å². The van der Waals surface area contributed by atoms with Crippen molar-refractivity contribution in [2.24, 2.45) is 0 Å². The maximum absolute atomic E-state index is 13.9. The zero-order valence-corrected chi connectivity index (χ0v) is 11.5. The van der Waals surface area contributed by atoms with Crippen LogP contribution in [-0.2, 0) is 6.54 Å². The van der Waals surface area contributed by atoms with Crippen LogP contribution in [0, 0.1) is 11.6 Å². The Morgan fingerprint density at radius 2 is 1.65 bits per heavy atom. The molecule has 0 fully saturated rings. The zero-order valence-electron chi connectivity index (χ0n) is 11.5. The number of benzene rings is 2. The second-order valence-electron chi connectivity index (χ2n) is 4.84. The predicted octanol–water partition coefficient (Wildman–Crippen LogP) is 4.26. The SMILES string of the molecule is CC(C)NCc1cc(F)c(Oc2ccccc2)c(F)c1. The molecule has 2 nitrogen and oxygen atoms in total. The van der Waals surface area contributed by atoms with E-state index in [1.807, 2.05) is 13.8 Å². The molecule has 0 saturated carbocycles. The number of para-hydroxylation sites is 1. The minimum absolute atomic E-state index is 0.251. The van der Waals surface area contributed by atoms with Gasteiger partial charge in [-0.25, -0.2) is 8.78 Å². The van der Waals surface area contributed by atoms with Gasteiger partial charge in [0.2, 0.25) is 0 Å². The van der Waals surface area contributed by atoms with Crippen LogP contribution in [0.4, 0.5) is 8.78 Å². The minimum atomic E-state index is -0.700. The van der Waals surface area contributed by atoms with Gasteiger partial charge < -0.3 is 10.1 Å². The maximum atomic E-state index is 13.9. The van der Waals surface area contributed by atoms with Crippen LogP contribution in [0.5, 0.6) is 11.5 Å². The van der Waals surface area contributed by atoms with Gasteiger partial charge in [0.15, 0.2) is 17.4 Å². The van der Waals surface area contributed by atoms with Gasteiger partial charge in [-0.1, -0.05) is 32.0 Å². The molecule has 0 amide bonds. The van der Waals surface area contributed by atoms with E-state index in [9.17, 15) is 8.78 Å². The fraction of sp³-hybridized carbons (Fsp3) is 0.250. The van der Waals surface area contributed by atoms with Crippen molar-refractivity contribution in [2.75, 3.05) is 0 Å². The number of hydrogen-bond acceptors (Lipinski definition) is 2. The first-order valence-electron chi connectivity index (χ1n) is 6.50. The van der Waals surface area contributed by atoms with Crippen molar-refractivity contribution in [3.8, 4) is 11.5 Å². The standard InChI is InChI=1S/C16H17F2NO/c1-11(2)19-10-12-8-14(17)16(15(18)9-12)20-13-6-4-3-5-7-13/h3-9,11,19H,10H2,1-2H3. The second-order valence-corrected chi connectivity index (χ2v) is 4.84. The first kappa shape index (κ1) is 14.5. The monoisotopic (exact) mass is 277 g/mol. The van der Waals surface area contributed by atoms with Gasteiger partial charge >= 0.3 is 0 Å². The Hall–Kier alpha value is -1.94. The van der Waals surface area contributed by atoms with Crippen LogP contribution in [0.1, 0.15) is 19.4 Å². The normalized spacial score (nSPS) is 10.8. The molecule has 0 aliphatic carbocycles. The van der Waals surface area contributed by atoms with Gasteiger partial charge in [-0.2, -0.15) is 0 Å². The predicted molar refractivity (Wildman–Crippen MR) is 74.8 cm³/mol. The van der Waals surface area contributed by atoms with Crippen molar-refractivity contribution >= 4 is 0 Å². The maximum Gasteiger partial charge on any atom is 0.198 e. The number of rotatable bonds is 5. The van der Waals surface area contributed by atoms with E-state index in [0.29, 0.717) is 17.9 Å². The molecule has 0 radical (unpaired) electrons. The summed E-state index contributed by atoms with van der Waals surface area (Å²) in [5.74, 6) is -1.37. The second kappa shape index (κ2) is 6.48. The van der Waals surface area contributed by atoms with E-state index in [4.69, 9.17) is 4.74 Å². The van der Waals surface area contributed by atoms with Crippen LogP contribution in [0.2, 0.25) is 0 Å². The summed E-state index contributed by atoms with van der Waals surface area (Å²) in [5.41, 5.74) is 0.550. The summed E-state index contributed by atoms with van der Waals surface area (Å²) in [5, 5.41) is 3.11. The highest BCUT2D eigenvalue weighted by atomic mass is 19.1. The van der Waals surface area contributed by atoms with Crippen molar-refractivity contribution in [1.29, 1.82) is 0 Å². The number of hydrogen-bond donors (Lipinski definition) is 1. The Labute approximate surface area is 117 Å². The molecule has 0 spiro atoms. The molecule has 2 aromatic carbocycles. The Morgan fingerprint density at radius 3 is 2.20 bits per heavy atom. The zero-order chi connectivity index (χ0) is 14.5. The molecule has 0 unspecified atom stereocenters. The van der Waals surface area contributed by atoms with Crippen LogP contribution in [0.3, 0.4) is 0 Å². The lowest BCUT2D eigenvalue weighted by molar-refractivity contribution is 0.406. The summed E-state index contributed by atoms with van der Waals surface area (Å²) < 4.78 is 33.1. The average molecular weight is 277 g/mol. The highest BCUT2D eigenvalue weighted by molar-refractivity contribution is 5.35. The van der Waals surface area contributed by atoms with Gasteiger partial charge in [0, 0.05) is 12.6 Å². The molecule has 0 heterocycles. The molecule has 0 bridgehead atoms. The number of nitrogens with one attached hydrogen (secondary N) is 1. The molecule has 0 saturated heterocycles. The number of halogens is 2. The highest BCUT2D eigenvalue weighted by Gasteiger charge is 2.13. The molecule has 20 heavy (non-hydrogen) atoms. The third-order valence-electron chi connectivity index (χ3n) is 2.74. The smallest absolute Gasteiger partial charge is 0.198 e. The lowest BCUT2D eigenvalue weighted by Crippen LogP contribution is -2.22. The van der Waals surface area contributed by atoms with Gasteiger partial charge in [0.25, 0.3) is 0 Å². The summed E-state index contributed by atoms with van der Waals surface area (Å²) >= 11 is 0. The third kappa shape index (κ3) is 3.78. The van der Waals surface area contributed by atoms with Crippen LogP contribution in [0.25, 0.3) is 0 Å². The van der Waals surface area contributed by atoms with Crippen LogP contribution >= 0.6 is 0 Å². The van der Waals surface area contributed by atoms with Gasteiger partial charge in [-0.05, 0) is 29.8 Å². The van der Waals surface area contributed by atoms with Crippen molar-refractivity contribution in [2.45, 2.75) is 26.4 Å². The van der Waals surface area contributed by atoms with Crippen LogP contribution in [0.15, 0.2) is 42.5 Å². The van der Waals surface area contributed by atoms with Gasteiger partial charge in [0.05, 0.1) is 0 Å². The van der Waals surface area contributed by atoms with E-state index in [1.165, 1.54) is 12.1 Å². The van der Waals surface area contributed by atoms with Crippen LogP contribution in [-0.4, -0.2) is 6.04 Å². The minimum Gasteiger partial charge on any atom is -0.451 e. The van der Waals surface area contributed by atoms with E-state index < -0.39 is 11.6 Å².